The molecule has 1 aromatic rings. The van der Waals surface area contributed by atoms with Gasteiger partial charge in [-0.1, -0.05) is 46.1 Å². The van der Waals surface area contributed by atoms with E-state index in [2.05, 4.69) is 33.5 Å². The third-order valence-corrected chi connectivity index (χ3v) is 4.97. The van der Waals surface area contributed by atoms with Crippen LogP contribution < -0.4 is 10.6 Å². The van der Waals surface area contributed by atoms with Gasteiger partial charge in [-0.25, -0.2) is 0 Å². The fourth-order valence-corrected chi connectivity index (χ4v) is 3.98. The van der Waals surface area contributed by atoms with E-state index < -0.39 is 0 Å². The highest BCUT2D eigenvalue weighted by molar-refractivity contribution is 9.10. The van der Waals surface area contributed by atoms with Gasteiger partial charge in [0.05, 0.1) is 15.7 Å². The van der Waals surface area contributed by atoms with Crippen LogP contribution in [0.15, 0.2) is 16.6 Å². The molecule has 0 saturated carbocycles. The molecule has 1 aliphatic heterocycles. The summed E-state index contributed by atoms with van der Waals surface area (Å²) in [4.78, 5) is 12.2. The Hall–Kier alpha value is -0.290. The molecule has 2 rings (SSSR count). The molecule has 0 radical (unpaired) electrons. The summed E-state index contributed by atoms with van der Waals surface area (Å²) in [6.45, 7) is 4.20. The van der Waals surface area contributed by atoms with Crippen LogP contribution >= 0.6 is 39.1 Å². The monoisotopic (exact) mass is 392 g/mol. The highest BCUT2D eigenvalue weighted by atomic mass is 79.9. The van der Waals surface area contributed by atoms with Crippen LogP contribution in [0.5, 0.6) is 0 Å². The van der Waals surface area contributed by atoms with Crippen LogP contribution in [0.3, 0.4) is 0 Å². The lowest BCUT2D eigenvalue weighted by Gasteiger charge is -2.28. The topological polar surface area (TPSA) is 41.1 Å². The number of anilines is 1. The Balaban J connectivity index is 1.95. The highest BCUT2D eigenvalue weighted by Crippen LogP contribution is 2.34. The van der Waals surface area contributed by atoms with Gasteiger partial charge in [0.15, 0.2) is 0 Å². The van der Waals surface area contributed by atoms with Crippen LogP contribution in [0.25, 0.3) is 0 Å². The summed E-state index contributed by atoms with van der Waals surface area (Å²) in [5, 5.41) is 7.09. The van der Waals surface area contributed by atoms with E-state index in [1.807, 2.05) is 0 Å². The first-order chi connectivity index (χ1) is 9.97. The molecule has 6 heteroatoms. The van der Waals surface area contributed by atoms with Gasteiger partial charge >= 0.3 is 0 Å². The van der Waals surface area contributed by atoms with Crippen LogP contribution in [0, 0.1) is 11.8 Å². The fraction of sp³-hybridized carbons (Fsp3) is 0.533. The second-order valence-corrected chi connectivity index (χ2v) is 7.31. The molecule has 2 atom stereocenters. The van der Waals surface area contributed by atoms with Crippen LogP contribution in [0.4, 0.5) is 5.69 Å². The molecule has 116 valence electrons. The average Bonchev–Trinajstić information content (AvgIpc) is 2.43. The van der Waals surface area contributed by atoms with Crippen molar-refractivity contribution in [3.05, 3.63) is 26.7 Å². The maximum Gasteiger partial charge on any atom is 0.224 e. The minimum atomic E-state index is -0.0424. The smallest absolute Gasteiger partial charge is 0.224 e. The molecule has 1 heterocycles. The summed E-state index contributed by atoms with van der Waals surface area (Å²) in [7, 11) is 0. The van der Waals surface area contributed by atoms with Crippen molar-refractivity contribution in [2.24, 2.45) is 11.8 Å². The van der Waals surface area contributed by atoms with E-state index in [4.69, 9.17) is 23.2 Å². The molecular formula is C15H19BrCl2N2O. The summed E-state index contributed by atoms with van der Waals surface area (Å²) in [6.07, 6.45) is 2.84. The van der Waals surface area contributed by atoms with Crippen LogP contribution in [0.2, 0.25) is 10.0 Å². The van der Waals surface area contributed by atoms with Crippen molar-refractivity contribution in [1.29, 1.82) is 0 Å². The van der Waals surface area contributed by atoms with E-state index >= 15 is 0 Å². The molecule has 0 bridgehead atoms. The molecule has 1 aromatic carbocycles. The quantitative estimate of drug-likeness (QED) is 0.776. The molecule has 3 nitrogen and oxygen atoms in total. The van der Waals surface area contributed by atoms with Crippen molar-refractivity contribution in [2.45, 2.75) is 26.2 Å². The Morgan fingerprint density at radius 2 is 2.14 bits per heavy atom. The first-order valence-electron chi connectivity index (χ1n) is 7.12. The van der Waals surface area contributed by atoms with Gasteiger partial charge in [0.2, 0.25) is 5.91 Å². The van der Waals surface area contributed by atoms with Crippen LogP contribution in [0.1, 0.15) is 26.2 Å². The molecule has 0 aliphatic carbocycles. The van der Waals surface area contributed by atoms with Crippen molar-refractivity contribution in [3.63, 3.8) is 0 Å². The van der Waals surface area contributed by atoms with E-state index in [-0.39, 0.29) is 5.91 Å². The van der Waals surface area contributed by atoms with Gasteiger partial charge in [-0.2, -0.15) is 0 Å². The Labute approximate surface area is 143 Å². The lowest BCUT2D eigenvalue weighted by Crippen LogP contribution is -2.34. The number of halogens is 3. The minimum Gasteiger partial charge on any atom is -0.324 e. The third-order valence-electron chi connectivity index (χ3n) is 3.92. The fourth-order valence-electron chi connectivity index (χ4n) is 2.68. The van der Waals surface area contributed by atoms with Crippen molar-refractivity contribution in [3.8, 4) is 0 Å². The summed E-state index contributed by atoms with van der Waals surface area (Å²) in [5.74, 6) is 0.852. The number of piperidine rings is 1. The largest absolute Gasteiger partial charge is 0.324 e. The molecule has 0 aromatic heterocycles. The molecular weight excluding hydrogens is 375 g/mol. The zero-order valence-corrected chi connectivity index (χ0v) is 15.0. The lowest BCUT2D eigenvalue weighted by molar-refractivity contribution is -0.117. The molecule has 1 amide bonds. The van der Waals surface area contributed by atoms with Gasteiger partial charge < -0.3 is 10.6 Å². The van der Waals surface area contributed by atoms with Gasteiger partial charge in [-0.3, -0.25) is 4.79 Å². The number of benzene rings is 1. The number of carbonyl (C=O) groups excluding carboxylic acids is 1. The van der Waals surface area contributed by atoms with Crippen molar-refractivity contribution in [2.75, 3.05) is 18.4 Å². The Morgan fingerprint density at radius 3 is 2.71 bits per heavy atom. The maximum atomic E-state index is 12.2. The average molecular weight is 394 g/mol. The first kappa shape index (κ1) is 17.1. The van der Waals surface area contributed by atoms with Crippen LogP contribution in [-0.2, 0) is 4.79 Å². The van der Waals surface area contributed by atoms with E-state index in [1.165, 1.54) is 12.8 Å². The number of carbonyl (C=O) groups is 1. The van der Waals surface area contributed by atoms with E-state index in [9.17, 15) is 4.79 Å². The lowest BCUT2D eigenvalue weighted by atomic mass is 9.85. The van der Waals surface area contributed by atoms with Gasteiger partial charge in [-0.15, -0.1) is 0 Å². The summed E-state index contributed by atoms with van der Waals surface area (Å²) >= 11 is 15.6. The third kappa shape index (κ3) is 4.85. The predicted molar refractivity (Wildman–Crippen MR) is 92.2 cm³/mol. The minimum absolute atomic E-state index is 0.0424. The zero-order chi connectivity index (χ0) is 15.4. The van der Waals surface area contributed by atoms with Crippen molar-refractivity contribution >= 4 is 50.7 Å². The van der Waals surface area contributed by atoms with E-state index in [1.54, 1.807) is 12.1 Å². The molecule has 2 unspecified atom stereocenters. The number of hydrogen-bond donors (Lipinski definition) is 2. The molecule has 21 heavy (non-hydrogen) atoms. The number of hydrogen-bond acceptors (Lipinski definition) is 2. The zero-order valence-electron chi connectivity index (χ0n) is 11.9. The Bertz CT molecular complexity index is 495. The second-order valence-electron chi connectivity index (χ2n) is 5.58. The summed E-state index contributed by atoms with van der Waals surface area (Å²) in [5.41, 5.74) is 0.487. The number of nitrogens with one attached hydrogen (secondary N) is 2. The molecule has 1 saturated heterocycles. The Morgan fingerprint density at radius 1 is 1.48 bits per heavy atom. The van der Waals surface area contributed by atoms with Gasteiger partial charge in [0.1, 0.15) is 0 Å². The van der Waals surface area contributed by atoms with E-state index in [0.717, 1.165) is 17.6 Å². The summed E-state index contributed by atoms with van der Waals surface area (Å²) < 4.78 is 0.789. The van der Waals surface area contributed by atoms with E-state index in [0.29, 0.717) is 34.0 Å². The molecule has 0 spiro atoms. The molecule has 1 aliphatic rings. The van der Waals surface area contributed by atoms with Crippen molar-refractivity contribution < 1.29 is 4.79 Å². The summed E-state index contributed by atoms with van der Waals surface area (Å²) in [6, 6.07) is 3.44. The molecule has 1 fully saturated rings. The maximum absolute atomic E-state index is 12.2. The SMILES string of the molecule is CC(CC(=O)Nc1c(Cl)cc(Br)cc1Cl)C1CCCNC1. The standard InChI is InChI=1S/C15H19BrCl2N2O/c1-9(10-3-2-4-19-8-10)5-14(21)20-15-12(17)6-11(16)7-13(15)18/h6-7,9-10,19H,2-5,8H2,1H3,(H,20,21). The van der Waals surface area contributed by atoms with Crippen molar-refractivity contribution in [1.82, 2.24) is 5.32 Å². The predicted octanol–water partition coefficient (Wildman–Crippen LogP) is 4.72. The van der Waals surface area contributed by atoms with Gasteiger partial charge in [-0.05, 0) is 49.9 Å². The van der Waals surface area contributed by atoms with Crippen LogP contribution in [-0.4, -0.2) is 19.0 Å². The highest BCUT2D eigenvalue weighted by Gasteiger charge is 2.22. The number of rotatable bonds is 4. The number of amides is 1. The Kier molecular flexibility index (Phi) is 6.35. The normalized spacial score (nSPS) is 20.1. The second kappa shape index (κ2) is 7.82. The molecule has 2 N–H and O–H groups in total. The van der Waals surface area contributed by atoms with Gasteiger partial charge in [0.25, 0.3) is 0 Å². The first-order valence-corrected chi connectivity index (χ1v) is 8.67. The van der Waals surface area contributed by atoms with Gasteiger partial charge in [0, 0.05) is 10.9 Å².